The van der Waals surface area contributed by atoms with Crippen LogP contribution in [0.1, 0.15) is 0 Å². The summed E-state index contributed by atoms with van der Waals surface area (Å²) in [6, 6.07) is 10.0. The molecule has 0 fully saturated rings. The van der Waals surface area contributed by atoms with Crippen molar-refractivity contribution in [2.75, 3.05) is 0 Å². The third kappa shape index (κ3) is 1.66. The summed E-state index contributed by atoms with van der Waals surface area (Å²) in [5.41, 5.74) is 2.00. The maximum absolute atomic E-state index is 11.1. The van der Waals surface area contributed by atoms with E-state index in [0.29, 0.717) is 0 Å². The summed E-state index contributed by atoms with van der Waals surface area (Å²) in [5.74, 6) is 0. The largest absolute Gasteiger partial charge is 0.287 e. The monoisotopic (exact) mass is 245 g/mol. The molecule has 0 N–H and O–H groups in total. The first-order valence-corrected chi connectivity index (χ1v) is 6.46. The van der Waals surface area contributed by atoms with Crippen molar-refractivity contribution in [3.63, 3.8) is 0 Å². The number of aromatic nitrogens is 1. The molecule has 0 saturated heterocycles. The molecular weight excluding hydrogens is 238 g/mol. The molecular formula is C12H7NOS2. The summed E-state index contributed by atoms with van der Waals surface area (Å²) in [5, 5.41) is 2.99. The van der Waals surface area contributed by atoms with Crippen LogP contribution in [0.5, 0.6) is 0 Å². The molecule has 3 rings (SSSR count). The van der Waals surface area contributed by atoms with Gasteiger partial charge < -0.3 is 0 Å². The van der Waals surface area contributed by atoms with Crippen LogP contribution in [0.2, 0.25) is 0 Å². The van der Waals surface area contributed by atoms with E-state index in [4.69, 9.17) is 0 Å². The molecule has 2 heterocycles. The van der Waals surface area contributed by atoms with E-state index < -0.39 is 0 Å². The zero-order valence-electron chi connectivity index (χ0n) is 8.21. The highest BCUT2D eigenvalue weighted by molar-refractivity contribution is 7.28. The Labute approximate surface area is 99.8 Å². The van der Waals surface area contributed by atoms with E-state index in [0.717, 1.165) is 21.3 Å². The van der Waals surface area contributed by atoms with Gasteiger partial charge in [-0.05, 0) is 12.1 Å². The van der Waals surface area contributed by atoms with Gasteiger partial charge in [-0.3, -0.25) is 9.78 Å². The van der Waals surface area contributed by atoms with Gasteiger partial charge in [0.2, 0.25) is 0 Å². The van der Waals surface area contributed by atoms with Gasteiger partial charge in [-0.2, -0.15) is 0 Å². The van der Waals surface area contributed by atoms with Crippen molar-refractivity contribution in [3.8, 4) is 10.4 Å². The number of nitrogens with zero attached hydrogens (tertiary/aromatic N) is 1. The van der Waals surface area contributed by atoms with Gasteiger partial charge in [0.15, 0.2) is 0 Å². The Kier molecular flexibility index (Phi) is 2.31. The van der Waals surface area contributed by atoms with E-state index in [9.17, 15) is 4.79 Å². The number of rotatable bonds is 1. The minimum absolute atomic E-state index is 0.128. The predicted octanol–water partition coefficient (Wildman–Crippen LogP) is 3.39. The topological polar surface area (TPSA) is 30.0 Å². The molecule has 0 bridgehead atoms. The van der Waals surface area contributed by atoms with Gasteiger partial charge >= 0.3 is 0 Å². The van der Waals surface area contributed by atoms with Gasteiger partial charge in [0, 0.05) is 22.5 Å². The van der Waals surface area contributed by atoms with Crippen molar-refractivity contribution >= 4 is 33.6 Å². The molecule has 0 atom stereocenters. The van der Waals surface area contributed by atoms with Crippen LogP contribution in [-0.4, -0.2) is 4.98 Å². The molecule has 16 heavy (non-hydrogen) atoms. The number of benzene rings is 1. The average molecular weight is 245 g/mol. The fourth-order valence-corrected chi connectivity index (χ4v) is 3.26. The van der Waals surface area contributed by atoms with Gasteiger partial charge in [-0.1, -0.05) is 40.9 Å². The van der Waals surface area contributed by atoms with Crippen molar-refractivity contribution < 1.29 is 0 Å². The van der Waals surface area contributed by atoms with Crippen LogP contribution in [0.4, 0.5) is 0 Å². The third-order valence-corrected chi connectivity index (χ3v) is 4.30. The molecule has 4 heteroatoms. The Morgan fingerprint density at radius 1 is 1.19 bits per heavy atom. The van der Waals surface area contributed by atoms with Crippen LogP contribution in [-0.2, 0) is 0 Å². The first-order chi connectivity index (χ1) is 7.83. The van der Waals surface area contributed by atoms with Crippen LogP contribution in [0, 0.1) is 0 Å². The van der Waals surface area contributed by atoms with Crippen molar-refractivity contribution in [2.24, 2.45) is 0 Å². The van der Waals surface area contributed by atoms with E-state index in [1.54, 1.807) is 0 Å². The molecule has 0 unspecified atom stereocenters. The lowest BCUT2D eigenvalue weighted by atomic mass is 10.1. The SMILES string of the molecule is O=c1scc(-c2cnc3ccccc3c2)s1. The van der Waals surface area contributed by atoms with Gasteiger partial charge in [-0.25, -0.2) is 0 Å². The highest BCUT2D eigenvalue weighted by Gasteiger charge is 2.03. The standard InChI is InChI=1S/C12H7NOS2/c14-12-15-7-11(16-12)9-5-8-3-1-2-4-10(8)13-6-9/h1-7H. The minimum Gasteiger partial charge on any atom is -0.265 e. The lowest BCUT2D eigenvalue weighted by Crippen LogP contribution is -1.80. The lowest BCUT2D eigenvalue weighted by Gasteiger charge is -1.99. The molecule has 1 aromatic carbocycles. The number of hydrogen-bond donors (Lipinski definition) is 0. The first-order valence-electron chi connectivity index (χ1n) is 4.77. The molecule has 0 amide bonds. The lowest BCUT2D eigenvalue weighted by molar-refractivity contribution is 1.42. The zero-order chi connectivity index (χ0) is 11.0. The normalized spacial score (nSPS) is 10.8. The molecule has 0 saturated carbocycles. The third-order valence-electron chi connectivity index (χ3n) is 2.33. The molecule has 0 radical (unpaired) electrons. The van der Waals surface area contributed by atoms with Crippen molar-refractivity contribution in [3.05, 3.63) is 50.8 Å². The Morgan fingerprint density at radius 3 is 2.88 bits per heavy atom. The smallest absolute Gasteiger partial charge is 0.265 e. The van der Waals surface area contributed by atoms with Gasteiger partial charge in [0.25, 0.3) is 4.06 Å². The van der Waals surface area contributed by atoms with Crippen molar-refractivity contribution in [1.82, 2.24) is 4.98 Å². The number of para-hydroxylation sites is 1. The fourth-order valence-electron chi connectivity index (χ4n) is 1.57. The maximum atomic E-state index is 11.1. The van der Waals surface area contributed by atoms with Gasteiger partial charge in [-0.15, -0.1) is 0 Å². The quantitative estimate of drug-likeness (QED) is 0.658. The Balaban J connectivity index is 2.22. The zero-order valence-corrected chi connectivity index (χ0v) is 9.85. The predicted molar refractivity (Wildman–Crippen MR) is 69.2 cm³/mol. The molecule has 0 aliphatic heterocycles. The summed E-state index contributed by atoms with van der Waals surface area (Å²) in [6.07, 6.45) is 1.82. The molecule has 2 aromatic heterocycles. The summed E-state index contributed by atoms with van der Waals surface area (Å²) in [6.45, 7) is 0. The Bertz CT molecular complexity index is 699. The minimum atomic E-state index is 0.128. The van der Waals surface area contributed by atoms with E-state index in [2.05, 4.69) is 11.1 Å². The summed E-state index contributed by atoms with van der Waals surface area (Å²) < 4.78 is 0.128. The number of fused-ring (bicyclic) bond motifs is 1. The Hall–Kier alpha value is -1.52. The summed E-state index contributed by atoms with van der Waals surface area (Å²) >= 11 is 2.51. The van der Waals surface area contributed by atoms with E-state index in [1.807, 2.05) is 35.8 Å². The van der Waals surface area contributed by atoms with E-state index in [-0.39, 0.29) is 4.06 Å². The summed E-state index contributed by atoms with van der Waals surface area (Å²) in [4.78, 5) is 16.5. The van der Waals surface area contributed by atoms with Crippen molar-refractivity contribution in [1.29, 1.82) is 0 Å². The molecule has 2 nitrogen and oxygen atoms in total. The fraction of sp³-hybridized carbons (Fsp3) is 0. The first kappa shape index (κ1) is 9.69. The van der Waals surface area contributed by atoms with Crippen LogP contribution < -0.4 is 4.06 Å². The molecule has 78 valence electrons. The highest BCUT2D eigenvalue weighted by Crippen LogP contribution is 2.25. The van der Waals surface area contributed by atoms with Crippen molar-refractivity contribution in [2.45, 2.75) is 0 Å². The average Bonchev–Trinajstić information content (AvgIpc) is 2.75. The number of hydrogen-bond acceptors (Lipinski definition) is 4. The van der Waals surface area contributed by atoms with Crippen LogP contribution in [0.25, 0.3) is 21.3 Å². The molecule has 0 aliphatic carbocycles. The van der Waals surface area contributed by atoms with Crippen LogP contribution in [0.3, 0.4) is 0 Å². The summed E-state index contributed by atoms with van der Waals surface area (Å²) in [7, 11) is 0. The molecule has 0 aliphatic rings. The van der Waals surface area contributed by atoms with Gasteiger partial charge in [0.05, 0.1) is 10.4 Å². The van der Waals surface area contributed by atoms with Crippen LogP contribution >= 0.6 is 22.7 Å². The van der Waals surface area contributed by atoms with E-state index >= 15 is 0 Å². The second-order valence-corrected chi connectivity index (χ2v) is 5.48. The second kappa shape index (κ2) is 3.81. The van der Waals surface area contributed by atoms with Gasteiger partial charge in [0.1, 0.15) is 0 Å². The number of pyridine rings is 1. The molecule has 3 aromatic rings. The second-order valence-electron chi connectivity index (χ2n) is 3.37. The maximum Gasteiger partial charge on any atom is 0.287 e. The van der Waals surface area contributed by atoms with E-state index in [1.165, 1.54) is 22.7 Å². The van der Waals surface area contributed by atoms with Crippen LogP contribution in [0.15, 0.2) is 46.7 Å². The highest BCUT2D eigenvalue weighted by atomic mass is 32.2. The molecule has 0 spiro atoms. The Morgan fingerprint density at radius 2 is 2.06 bits per heavy atom.